The van der Waals surface area contributed by atoms with Crippen molar-refractivity contribution < 1.29 is 29.3 Å². The van der Waals surface area contributed by atoms with Crippen LogP contribution < -0.4 is 10.6 Å². The highest BCUT2D eigenvalue weighted by molar-refractivity contribution is 5.95. The average Bonchev–Trinajstić information content (AvgIpc) is 2.55. The van der Waals surface area contributed by atoms with E-state index in [2.05, 4.69) is 10.6 Å². The zero-order valence-corrected chi connectivity index (χ0v) is 15.2. The Morgan fingerprint density at radius 2 is 1.81 bits per heavy atom. The van der Waals surface area contributed by atoms with E-state index in [1.165, 1.54) is 0 Å². The van der Waals surface area contributed by atoms with Gasteiger partial charge < -0.3 is 25.6 Å². The van der Waals surface area contributed by atoms with Gasteiger partial charge in [-0.05, 0) is 26.3 Å². The lowest BCUT2D eigenvalue weighted by atomic mass is 9.76. The van der Waals surface area contributed by atoms with Crippen LogP contribution in [0.4, 0.5) is 4.79 Å². The number of carbonyl (C=O) groups excluding carboxylic acids is 2. The molecule has 0 bridgehead atoms. The standard InChI is InChI=1S/C18H26N2O6/c1-4-26-15(22)14(13-8-6-5-7-9-13)18(10-11-21,16(23)24)20-17(25)19-12(2)3/h5-9,12,14,21H,4,10-11H2,1-3H3,(H,23,24)(H2,19,20,25). The maximum atomic E-state index is 12.6. The lowest BCUT2D eigenvalue weighted by Gasteiger charge is -2.36. The number of amides is 2. The van der Waals surface area contributed by atoms with E-state index in [9.17, 15) is 24.6 Å². The van der Waals surface area contributed by atoms with E-state index in [0.717, 1.165) is 0 Å². The van der Waals surface area contributed by atoms with Crippen molar-refractivity contribution in [3.05, 3.63) is 35.9 Å². The largest absolute Gasteiger partial charge is 0.479 e. The molecular formula is C18H26N2O6. The van der Waals surface area contributed by atoms with Gasteiger partial charge in [0.2, 0.25) is 0 Å². The van der Waals surface area contributed by atoms with Crippen molar-refractivity contribution in [3.63, 3.8) is 0 Å². The van der Waals surface area contributed by atoms with Gasteiger partial charge in [-0.2, -0.15) is 0 Å². The number of hydrogen-bond donors (Lipinski definition) is 4. The fourth-order valence-corrected chi connectivity index (χ4v) is 2.73. The van der Waals surface area contributed by atoms with Gasteiger partial charge in [0, 0.05) is 19.1 Å². The van der Waals surface area contributed by atoms with Crippen LogP contribution in [0.3, 0.4) is 0 Å². The first-order chi connectivity index (χ1) is 12.3. The van der Waals surface area contributed by atoms with Crippen LogP contribution in [0.25, 0.3) is 0 Å². The molecule has 0 radical (unpaired) electrons. The number of rotatable bonds is 9. The van der Waals surface area contributed by atoms with Crippen molar-refractivity contribution in [2.45, 2.75) is 44.7 Å². The number of hydrogen-bond acceptors (Lipinski definition) is 5. The van der Waals surface area contributed by atoms with Gasteiger partial charge in [0.25, 0.3) is 0 Å². The van der Waals surface area contributed by atoms with Crippen LogP contribution in [0.1, 0.15) is 38.7 Å². The fraction of sp³-hybridized carbons (Fsp3) is 0.500. The number of carboxylic acid groups (broad SMARTS) is 1. The summed E-state index contributed by atoms with van der Waals surface area (Å²) in [5.74, 6) is -3.56. The number of benzene rings is 1. The van der Waals surface area contributed by atoms with Crippen LogP contribution >= 0.6 is 0 Å². The van der Waals surface area contributed by atoms with Crippen molar-refractivity contribution in [2.24, 2.45) is 0 Å². The highest BCUT2D eigenvalue weighted by Crippen LogP contribution is 2.33. The molecule has 0 saturated carbocycles. The molecule has 0 aromatic heterocycles. The Kier molecular flexibility index (Phi) is 8.05. The van der Waals surface area contributed by atoms with Crippen LogP contribution in [0, 0.1) is 0 Å². The summed E-state index contributed by atoms with van der Waals surface area (Å²) in [6, 6.07) is 7.20. The maximum Gasteiger partial charge on any atom is 0.330 e. The minimum absolute atomic E-state index is 0.0508. The SMILES string of the molecule is CCOC(=O)C(c1ccccc1)C(CCO)(NC(=O)NC(C)C)C(=O)O. The van der Waals surface area contributed by atoms with Crippen LogP contribution in [0.2, 0.25) is 0 Å². The molecule has 0 aliphatic rings. The molecule has 0 saturated heterocycles. The van der Waals surface area contributed by atoms with Crippen molar-refractivity contribution in [1.82, 2.24) is 10.6 Å². The lowest BCUT2D eigenvalue weighted by Crippen LogP contribution is -2.63. The third-order valence-corrected chi connectivity index (χ3v) is 3.79. The van der Waals surface area contributed by atoms with Gasteiger partial charge in [-0.1, -0.05) is 30.3 Å². The Bertz CT molecular complexity index is 619. The second kappa shape index (κ2) is 9.76. The van der Waals surface area contributed by atoms with Crippen molar-refractivity contribution in [1.29, 1.82) is 0 Å². The summed E-state index contributed by atoms with van der Waals surface area (Å²) in [7, 11) is 0. The third-order valence-electron chi connectivity index (χ3n) is 3.79. The van der Waals surface area contributed by atoms with E-state index in [-0.39, 0.29) is 19.1 Å². The highest BCUT2D eigenvalue weighted by Gasteiger charge is 2.52. The van der Waals surface area contributed by atoms with Crippen LogP contribution in [0.5, 0.6) is 0 Å². The first-order valence-electron chi connectivity index (χ1n) is 8.43. The second-order valence-electron chi connectivity index (χ2n) is 6.10. The highest BCUT2D eigenvalue weighted by atomic mass is 16.5. The third kappa shape index (κ3) is 5.19. The Hall–Kier alpha value is -2.61. The van der Waals surface area contributed by atoms with Gasteiger partial charge in [-0.25, -0.2) is 9.59 Å². The molecule has 2 amide bonds. The molecule has 8 nitrogen and oxygen atoms in total. The first kappa shape index (κ1) is 21.4. The van der Waals surface area contributed by atoms with Gasteiger partial charge in [-0.3, -0.25) is 4.79 Å². The van der Waals surface area contributed by atoms with Gasteiger partial charge in [0.15, 0.2) is 5.54 Å². The minimum atomic E-state index is -2.07. The van der Waals surface area contributed by atoms with E-state index in [0.29, 0.717) is 5.56 Å². The van der Waals surface area contributed by atoms with E-state index >= 15 is 0 Å². The summed E-state index contributed by atoms with van der Waals surface area (Å²) in [5.41, 5.74) is -1.70. The summed E-state index contributed by atoms with van der Waals surface area (Å²) in [4.78, 5) is 37.1. The van der Waals surface area contributed by atoms with Gasteiger partial charge >= 0.3 is 18.0 Å². The van der Waals surface area contributed by atoms with Crippen molar-refractivity contribution in [2.75, 3.05) is 13.2 Å². The molecule has 2 atom stereocenters. The number of urea groups is 1. The van der Waals surface area contributed by atoms with Crippen LogP contribution in [0.15, 0.2) is 30.3 Å². The first-order valence-corrected chi connectivity index (χ1v) is 8.43. The predicted octanol–water partition coefficient (Wildman–Crippen LogP) is 1.25. The van der Waals surface area contributed by atoms with E-state index in [1.807, 2.05) is 0 Å². The minimum Gasteiger partial charge on any atom is -0.479 e. The number of aliphatic hydroxyl groups is 1. The van der Waals surface area contributed by atoms with Crippen LogP contribution in [-0.4, -0.2) is 53.0 Å². The molecule has 26 heavy (non-hydrogen) atoms. The Labute approximate surface area is 152 Å². The molecule has 1 rings (SSSR count). The summed E-state index contributed by atoms with van der Waals surface area (Å²) >= 11 is 0. The zero-order chi connectivity index (χ0) is 19.7. The smallest absolute Gasteiger partial charge is 0.330 e. The normalized spacial score (nSPS) is 14.2. The fourth-order valence-electron chi connectivity index (χ4n) is 2.73. The number of ether oxygens (including phenoxy) is 1. The molecular weight excluding hydrogens is 340 g/mol. The molecule has 144 valence electrons. The topological polar surface area (TPSA) is 125 Å². The number of esters is 1. The second-order valence-corrected chi connectivity index (χ2v) is 6.10. The van der Waals surface area contributed by atoms with E-state index in [4.69, 9.17) is 4.74 Å². The Morgan fingerprint density at radius 1 is 1.19 bits per heavy atom. The maximum absolute atomic E-state index is 12.6. The van der Waals surface area contributed by atoms with Gasteiger partial charge in [-0.15, -0.1) is 0 Å². The molecule has 0 heterocycles. The molecule has 0 aliphatic carbocycles. The van der Waals surface area contributed by atoms with Gasteiger partial charge in [0.05, 0.1) is 6.61 Å². The number of aliphatic hydroxyl groups excluding tert-OH is 1. The van der Waals surface area contributed by atoms with Crippen molar-refractivity contribution >= 4 is 18.0 Å². The molecule has 4 N–H and O–H groups in total. The molecule has 0 spiro atoms. The summed E-state index contributed by atoms with van der Waals surface area (Å²) in [6.07, 6.45) is -0.369. The van der Waals surface area contributed by atoms with Crippen molar-refractivity contribution in [3.8, 4) is 0 Å². The van der Waals surface area contributed by atoms with E-state index < -0.39 is 36.0 Å². The predicted molar refractivity (Wildman–Crippen MR) is 94.7 cm³/mol. The summed E-state index contributed by atoms with van der Waals surface area (Å²) in [6.45, 7) is 4.54. The Balaban J connectivity index is 3.47. The average molecular weight is 366 g/mol. The quantitative estimate of drug-likeness (QED) is 0.488. The Morgan fingerprint density at radius 3 is 2.27 bits per heavy atom. The number of nitrogens with one attached hydrogen (secondary N) is 2. The lowest BCUT2D eigenvalue weighted by molar-refractivity contribution is -0.157. The number of carbonyl (C=O) groups is 3. The monoisotopic (exact) mass is 366 g/mol. The summed E-state index contributed by atoms with van der Waals surface area (Å²) in [5, 5.41) is 24.3. The molecule has 2 unspecified atom stereocenters. The summed E-state index contributed by atoms with van der Waals surface area (Å²) < 4.78 is 5.07. The molecule has 0 fully saturated rings. The molecule has 1 aromatic rings. The molecule has 8 heteroatoms. The van der Waals surface area contributed by atoms with E-state index in [1.54, 1.807) is 51.1 Å². The molecule has 1 aromatic carbocycles. The van der Waals surface area contributed by atoms with Crippen LogP contribution in [-0.2, 0) is 14.3 Å². The molecule has 0 aliphatic heterocycles. The zero-order valence-electron chi connectivity index (χ0n) is 15.2. The number of aliphatic carboxylic acids is 1. The van der Waals surface area contributed by atoms with Gasteiger partial charge in [0.1, 0.15) is 5.92 Å². The number of carboxylic acids is 1.